The second kappa shape index (κ2) is 7.83. The molecule has 4 rings (SSSR count). The first-order valence-electron chi connectivity index (χ1n) is 10.1. The van der Waals surface area contributed by atoms with Crippen LogP contribution >= 0.6 is 0 Å². The molecule has 0 radical (unpaired) electrons. The molecule has 1 aliphatic heterocycles. The minimum atomic E-state index is -0.399. The molecule has 148 valence electrons. The predicted molar refractivity (Wildman–Crippen MR) is 107 cm³/mol. The lowest BCUT2D eigenvalue weighted by atomic mass is 9.89. The fourth-order valence-electron chi connectivity index (χ4n) is 4.34. The number of rotatable bonds is 5. The summed E-state index contributed by atoms with van der Waals surface area (Å²) in [6, 6.07) is 8.75. The number of ether oxygens (including phenoxy) is 1. The van der Waals surface area contributed by atoms with Crippen LogP contribution in [0, 0.1) is 10.1 Å². The van der Waals surface area contributed by atoms with E-state index in [1.165, 1.54) is 25.0 Å². The lowest BCUT2D eigenvalue weighted by Gasteiger charge is -2.38. The smallest absolute Gasteiger partial charge is 0.269 e. The SMILES string of the molecule is CCc1cc(NC2CCOC3(CCCC3)C2)nc(-c2ccc([N+](=O)[O-])cc2)n1. The summed E-state index contributed by atoms with van der Waals surface area (Å²) in [6.45, 7) is 2.85. The van der Waals surface area contributed by atoms with Crippen molar-refractivity contribution >= 4 is 11.5 Å². The van der Waals surface area contributed by atoms with Gasteiger partial charge in [-0.05, 0) is 44.2 Å². The molecule has 7 nitrogen and oxygen atoms in total. The van der Waals surface area contributed by atoms with E-state index in [1.807, 2.05) is 6.07 Å². The molecule has 1 atom stereocenters. The lowest BCUT2D eigenvalue weighted by molar-refractivity contribution is -0.384. The van der Waals surface area contributed by atoms with Crippen LogP contribution in [-0.4, -0.2) is 33.1 Å². The van der Waals surface area contributed by atoms with Crippen molar-refractivity contribution in [3.05, 3.63) is 46.1 Å². The first kappa shape index (κ1) is 18.8. The van der Waals surface area contributed by atoms with E-state index in [4.69, 9.17) is 9.72 Å². The Kier molecular flexibility index (Phi) is 5.26. The Balaban J connectivity index is 1.55. The van der Waals surface area contributed by atoms with Crippen molar-refractivity contribution < 1.29 is 9.66 Å². The molecule has 2 aliphatic rings. The number of anilines is 1. The number of hydrogen-bond donors (Lipinski definition) is 1. The molecule has 1 saturated heterocycles. The number of hydrogen-bond acceptors (Lipinski definition) is 6. The van der Waals surface area contributed by atoms with Gasteiger partial charge in [-0.25, -0.2) is 9.97 Å². The average Bonchev–Trinajstić information content (AvgIpc) is 3.15. The van der Waals surface area contributed by atoms with Crippen molar-refractivity contribution in [2.24, 2.45) is 0 Å². The quantitative estimate of drug-likeness (QED) is 0.604. The summed E-state index contributed by atoms with van der Waals surface area (Å²) >= 11 is 0. The van der Waals surface area contributed by atoms with Gasteiger partial charge in [0.1, 0.15) is 5.82 Å². The molecule has 2 aromatic rings. The zero-order valence-electron chi connectivity index (χ0n) is 16.2. The molecule has 0 bridgehead atoms. The van der Waals surface area contributed by atoms with Crippen molar-refractivity contribution in [1.29, 1.82) is 0 Å². The Labute approximate surface area is 164 Å². The van der Waals surface area contributed by atoms with E-state index in [1.54, 1.807) is 12.1 Å². The van der Waals surface area contributed by atoms with Gasteiger partial charge >= 0.3 is 0 Å². The highest BCUT2D eigenvalue weighted by atomic mass is 16.6. The third kappa shape index (κ3) is 3.99. The Hall–Kier alpha value is -2.54. The van der Waals surface area contributed by atoms with Gasteiger partial charge in [-0.15, -0.1) is 0 Å². The summed E-state index contributed by atoms with van der Waals surface area (Å²) in [5, 5.41) is 14.5. The van der Waals surface area contributed by atoms with E-state index < -0.39 is 4.92 Å². The van der Waals surface area contributed by atoms with E-state index >= 15 is 0 Å². The molecule has 0 amide bonds. The minimum Gasteiger partial charge on any atom is -0.375 e. The van der Waals surface area contributed by atoms with Gasteiger partial charge in [0, 0.05) is 42.1 Å². The maximum Gasteiger partial charge on any atom is 0.269 e. The number of aromatic nitrogens is 2. The maximum atomic E-state index is 10.9. The Morgan fingerprint density at radius 3 is 2.68 bits per heavy atom. The minimum absolute atomic E-state index is 0.0533. The van der Waals surface area contributed by atoms with Gasteiger partial charge in [0.05, 0.1) is 10.5 Å². The van der Waals surface area contributed by atoms with Crippen LogP contribution in [0.4, 0.5) is 11.5 Å². The molecule has 1 N–H and O–H groups in total. The molecular weight excluding hydrogens is 356 g/mol. The van der Waals surface area contributed by atoms with Crippen LogP contribution in [0.3, 0.4) is 0 Å². The van der Waals surface area contributed by atoms with Gasteiger partial charge in [0.25, 0.3) is 5.69 Å². The molecule has 1 spiro atoms. The normalized spacial score (nSPS) is 21.0. The van der Waals surface area contributed by atoms with Gasteiger partial charge in [-0.1, -0.05) is 19.8 Å². The largest absolute Gasteiger partial charge is 0.375 e. The monoisotopic (exact) mass is 382 g/mol. The van der Waals surface area contributed by atoms with Crippen LogP contribution in [0.5, 0.6) is 0 Å². The number of benzene rings is 1. The van der Waals surface area contributed by atoms with Gasteiger partial charge in [-0.3, -0.25) is 10.1 Å². The summed E-state index contributed by atoms with van der Waals surface area (Å²) in [4.78, 5) is 19.8. The summed E-state index contributed by atoms with van der Waals surface area (Å²) < 4.78 is 6.14. The van der Waals surface area contributed by atoms with Crippen LogP contribution in [-0.2, 0) is 11.2 Å². The Morgan fingerprint density at radius 1 is 1.25 bits per heavy atom. The van der Waals surface area contributed by atoms with Crippen LogP contribution in [0.15, 0.2) is 30.3 Å². The van der Waals surface area contributed by atoms with E-state index in [2.05, 4.69) is 17.2 Å². The number of nitro benzene ring substituents is 1. The van der Waals surface area contributed by atoms with Gasteiger partial charge in [-0.2, -0.15) is 0 Å². The molecular formula is C21H26N4O3. The number of nitrogens with one attached hydrogen (secondary N) is 1. The summed E-state index contributed by atoms with van der Waals surface area (Å²) in [5.74, 6) is 1.42. The highest BCUT2D eigenvalue weighted by molar-refractivity contribution is 5.59. The zero-order valence-corrected chi connectivity index (χ0v) is 16.2. The standard InChI is InChI=1S/C21H26N4O3/c1-2-16-13-19(22-17-9-12-28-21(14-17)10-3-4-11-21)24-20(23-16)15-5-7-18(8-6-15)25(26)27/h5-8,13,17H,2-4,9-12,14H2,1H3,(H,22,23,24). The molecule has 1 aromatic heterocycles. The first-order valence-corrected chi connectivity index (χ1v) is 10.1. The Bertz CT molecular complexity index is 847. The van der Waals surface area contributed by atoms with Crippen molar-refractivity contribution in [1.82, 2.24) is 9.97 Å². The fourth-order valence-corrected chi connectivity index (χ4v) is 4.34. The molecule has 2 fully saturated rings. The molecule has 2 heterocycles. The highest BCUT2D eigenvalue weighted by Crippen LogP contribution is 2.40. The van der Waals surface area contributed by atoms with E-state index in [0.717, 1.165) is 55.8 Å². The van der Waals surface area contributed by atoms with E-state index in [9.17, 15) is 10.1 Å². The van der Waals surface area contributed by atoms with Crippen molar-refractivity contribution in [2.45, 2.75) is 63.5 Å². The topological polar surface area (TPSA) is 90.2 Å². The third-order valence-electron chi connectivity index (χ3n) is 5.84. The van der Waals surface area contributed by atoms with Gasteiger partial charge in [0.2, 0.25) is 0 Å². The number of aryl methyl sites for hydroxylation is 1. The lowest BCUT2D eigenvalue weighted by Crippen LogP contribution is -2.42. The van der Waals surface area contributed by atoms with Crippen LogP contribution in [0.25, 0.3) is 11.4 Å². The van der Waals surface area contributed by atoms with Crippen LogP contribution in [0.1, 0.15) is 51.1 Å². The number of nitro groups is 1. The molecule has 7 heteroatoms. The predicted octanol–water partition coefficient (Wildman–Crippen LogP) is 4.52. The van der Waals surface area contributed by atoms with Crippen LogP contribution < -0.4 is 5.32 Å². The zero-order chi connectivity index (χ0) is 19.6. The van der Waals surface area contributed by atoms with Crippen molar-refractivity contribution in [3.63, 3.8) is 0 Å². The van der Waals surface area contributed by atoms with Crippen molar-refractivity contribution in [2.75, 3.05) is 11.9 Å². The molecule has 1 aliphatic carbocycles. The molecule has 1 unspecified atom stereocenters. The second-order valence-electron chi connectivity index (χ2n) is 7.80. The first-order chi connectivity index (χ1) is 13.6. The second-order valence-corrected chi connectivity index (χ2v) is 7.80. The van der Waals surface area contributed by atoms with E-state index in [-0.39, 0.29) is 11.3 Å². The molecule has 28 heavy (non-hydrogen) atoms. The van der Waals surface area contributed by atoms with Crippen LogP contribution in [0.2, 0.25) is 0 Å². The van der Waals surface area contributed by atoms with Gasteiger partial charge in [0.15, 0.2) is 5.82 Å². The highest BCUT2D eigenvalue weighted by Gasteiger charge is 2.39. The summed E-state index contributed by atoms with van der Waals surface area (Å²) in [5.41, 5.74) is 1.85. The average molecular weight is 382 g/mol. The summed E-state index contributed by atoms with van der Waals surface area (Å²) in [7, 11) is 0. The van der Waals surface area contributed by atoms with Crippen molar-refractivity contribution in [3.8, 4) is 11.4 Å². The Morgan fingerprint density at radius 2 is 2.00 bits per heavy atom. The number of non-ortho nitro benzene ring substituents is 1. The molecule has 1 saturated carbocycles. The van der Waals surface area contributed by atoms with Gasteiger partial charge < -0.3 is 10.1 Å². The fraction of sp³-hybridized carbons (Fsp3) is 0.524. The van der Waals surface area contributed by atoms with E-state index in [0.29, 0.717) is 11.9 Å². The third-order valence-corrected chi connectivity index (χ3v) is 5.84. The maximum absolute atomic E-state index is 10.9. The number of nitrogens with zero attached hydrogens (tertiary/aromatic N) is 3. The summed E-state index contributed by atoms with van der Waals surface area (Å²) in [6.07, 6.45) is 7.61. The molecule has 1 aromatic carbocycles.